The minimum Gasteiger partial charge on any atom is -0.465 e. The van der Waals surface area contributed by atoms with Gasteiger partial charge in [-0.05, 0) is 37.5 Å². The second-order valence-electron chi connectivity index (χ2n) is 7.74. The van der Waals surface area contributed by atoms with Crippen LogP contribution in [0.3, 0.4) is 0 Å². The summed E-state index contributed by atoms with van der Waals surface area (Å²) in [4.78, 5) is 46.8. The van der Waals surface area contributed by atoms with Crippen LogP contribution in [0.2, 0.25) is 0 Å². The number of carbonyl (C=O) groups excluding carboxylic acids is 2. The van der Waals surface area contributed by atoms with Crippen LogP contribution in [-0.4, -0.2) is 71.6 Å². The van der Waals surface area contributed by atoms with E-state index >= 15 is 0 Å². The number of carboxylic acid groups (broad SMARTS) is 1. The number of carbonyl (C=O) groups is 3. The third kappa shape index (κ3) is 6.55. The highest BCUT2D eigenvalue weighted by molar-refractivity contribution is 5.96. The number of nitrogens with one attached hydrogen (secondary N) is 2. The maximum Gasteiger partial charge on any atom is 0.407 e. The standard InChI is InChI=1S/C22H31N7O4/c1-6-16-20(28(3)4)27-19(17(26-16)18(23)30)25-15-9-7-8-14(12-15)10-11-24-21(31)13(2)29(5)22(32)33/h7-9,12-13H,6,10-11H2,1-5H3,(H2,23,30)(H,24,31)(H,25,27)(H,32,33)/t13-/m0/s1. The molecular formula is C22H31N7O4. The first-order chi connectivity index (χ1) is 15.5. The van der Waals surface area contributed by atoms with Gasteiger partial charge in [0.25, 0.3) is 5.91 Å². The molecule has 33 heavy (non-hydrogen) atoms. The number of aryl methyl sites for hydroxylation is 1. The van der Waals surface area contributed by atoms with Crippen molar-refractivity contribution in [1.29, 1.82) is 0 Å². The molecule has 5 N–H and O–H groups in total. The zero-order valence-electron chi connectivity index (χ0n) is 19.5. The van der Waals surface area contributed by atoms with Crippen LogP contribution in [0.1, 0.15) is 35.6 Å². The number of amides is 3. The maximum atomic E-state index is 12.1. The van der Waals surface area contributed by atoms with Crippen LogP contribution < -0.4 is 21.3 Å². The summed E-state index contributed by atoms with van der Waals surface area (Å²) in [5.74, 6) is -0.143. The zero-order chi connectivity index (χ0) is 24.7. The molecule has 178 valence electrons. The summed E-state index contributed by atoms with van der Waals surface area (Å²) in [6, 6.07) is 6.63. The maximum absolute atomic E-state index is 12.1. The predicted octanol–water partition coefficient (Wildman–Crippen LogP) is 1.60. The van der Waals surface area contributed by atoms with E-state index in [9.17, 15) is 14.4 Å². The van der Waals surface area contributed by atoms with Crippen molar-refractivity contribution in [2.45, 2.75) is 32.7 Å². The molecule has 1 heterocycles. The first-order valence-corrected chi connectivity index (χ1v) is 10.5. The molecule has 1 aromatic carbocycles. The number of hydrogen-bond donors (Lipinski definition) is 4. The first-order valence-electron chi connectivity index (χ1n) is 10.5. The largest absolute Gasteiger partial charge is 0.465 e. The number of benzene rings is 1. The van der Waals surface area contributed by atoms with Gasteiger partial charge in [-0.25, -0.2) is 14.8 Å². The molecule has 0 aliphatic rings. The average Bonchev–Trinajstić information content (AvgIpc) is 2.77. The number of aromatic nitrogens is 2. The summed E-state index contributed by atoms with van der Waals surface area (Å²) < 4.78 is 0. The molecule has 3 amide bonds. The van der Waals surface area contributed by atoms with Crippen LogP contribution >= 0.6 is 0 Å². The molecule has 0 radical (unpaired) electrons. The van der Waals surface area contributed by atoms with Crippen molar-refractivity contribution in [3.63, 3.8) is 0 Å². The summed E-state index contributed by atoms with van der Waals surface area (Å²) in [5.41, 5.74) is 7.87. The molecule has 0 fully saturated rings. The van der Waals surface area contributed by atoms with Gasteiger partial charge in [0, 0.05) is 33.4 Å². The van der Waals surface area contributed by atoms with Crippen molar-refractivity contribution in [2.24, 2.45) is 5.73 Å². The van der Waals surface area contributed by atoms with Crippen molar-refractivity contribution in [3.8, 4) is 0 Å². The average molecular weight is 458 g/mol. The summed E-state index contributed by atoms with van der Waals surface area (Å²) in [6.07, 6.45) is -0.0424. The van der Waals surface area contributed by atoms with Gasteiger partial charge in [0.05, 0.1) is 5.69 Å². The Morgan fingerprint density at radius 3 is 2.45 bits per heavy atom. The monoisotopic (exact) mass is 457 g/mol. The Hall–Kier alpha value is -3.89. The fourth-order valence-corrected chi connectivity index (χ4v) is 3.08. The Labute approximate surface area is 193 Å². The second-order valence-corrected chi connectivity index (χ2v) is 7.74. The third-order valence-electron chi connectivity index (χ3n) is 5.10. The molecule has 11 heteroatoms. The van der Waals surface area contributed by atoms with Crippen molar-refractivity contribution >= 4 is 35.2 Å². The predicted molar refractivity (Wildman–Crippen MR) is 126 cm³/mol. The highest BCUT2D eigenvalue weighted by Gasteiger charge is 2.21. The van der Waals surface area contributed by atoms with Gasteiger partial charge in [0.2, 0.25) is 5.91 Å². The zero-order valence-corrected chi connectivity index (χ0v) is 19.5. The molecule has 1 aromatic heterocycles. The van der Waals surface area contributed by atoms with E-state index in [1.165, 1.54) is 14.0 Å². The molecule has 0 saturated heterocycles. The summed E-state index contributed by atoms with van der Waals surface area (Å²) in [5, 5.41) is 14.8. The lowest BCUT2D eigenvalue weighted by atomic mass is 10.1. The number of nitrogens with zero attached hydrogens (tertiary/aromatic N) is 4. The summed E-state index contributed by atoms with van der Waals surface area (Å²) in [7, 11) is 5.04. The SMILES string of the molecule is CCc1nc(C(N)=O)c(Nc2cccc(CCNC(=O)[C@H](C)N(C)C(=O)O)c2)nc1N(C)C. The topological polar surface area (TPSA) is 154 Å². The molecule has 0 aliphatic carbocycles. The van der Waals surface area contributed by atoms with Crippen LogP contribution in [0.4, 0.5) is 22.1 Å². The quantitative estimate of drug-likeness (QED) is 0.419. The molecule has 11 nitrogen and oxygen atoms in total. The fraction of sp³-hybridized carbons (Fsp3) is 0.409. The highest BCUT2D eigenvalue weighted by Crippen LogP contribution is 2.24. The molecule has 0 bridgehead atoms. The molecule has 1 atom stereocenters. The van der Waals surface area contributed by atoms with Gasteiger partial charge in [-0.1, -0.05) is 19.1 Å². The van der Waals surface area contributed by atoms with Crippen LogP contribution in [-0.2, 0) is 17.6 Å². The number of hydrogen-bond acceptors (Lipinski definition) is 7. The lowest BCUT2D eigenvalue weighted by Crippen LogP contribution is -2.45. The number of rotatable bonds is 10. The molecule has 0 spiro atoms. The van der Waals surface area contributed by atoms with E-state index in [1.807, 2.05) is 50.2 Å². The van der Waals surface area contributed by atoms with E-state index < -0.39 is 18.0 Å². The summed E-state index contributed by atoms with van der Waals surface area (Å²) >= 11 is 0. The van der Waals surface area contributed by atoms with Gasteiger partial charge in [-0.3, -0.25) is 14.5 Å². The Morgan fingerprint density at radius 1 is 1.18 bits per heavy atom. The molecule has 2 rings (SSSR count). The van der Waals surface area contributed by atoms with Gasteiger partial charge in [0.15, 0.2) is 17.3 Å². The van der Waals surface area contributed by atoms with Crippen LogP contribution in [0.5, 0.6) is 0 Å². The number of primary amides is 1. The van der Waals surface area contributed by atoms with Crippen LogP contribution in [0.15, 0.2) is 24.3 Å². The van der Waals surface area contributed by atoms with Gasteiger partial charge < -0.3 is 26.4 Å². The van der Waals surface area contributed by atoms with Gasteiger partial charge >= 0.3 is 6.09 Å². The lowest BCUT2D eigenvalue weighted by molar-refractivity contribution is -0.124. The van der Waals surface area contributed by atoms with Gasteiger partial charge in [-0.15, -0.1) is 0 Å². The van der Waals surface area contributed by atoms with Gasteiger partial charge in [0.1, 0.15) is 6.04 Å². The Kier molecular flexibility index (Phi) is 8.55. The van der Waals surface area contributed by atoms with Crippen molar-refractivity contribution < 1.29 is 19.5 Å². The first kappa shape index (κ1) is 25.4. The number of nitrogens with two attached hydrogens (primary N) is 1. The molecule has 0 unspecified atom stereocenters. The van der Waals surface area contributed by atoms with Crippen LogP contribution in [0.25, 0.3) is 0 Å². The fourth-order valence-electron chi connectivity index (χ4n) is 3.08. The Morgan fingerprint density at radius 2 is 1.88 bits per heavy atom. The van der Waals surface area contributed by atoms with E-state index in [0.29, 0.717) is 36.6 Å². The second kappa shape index (κ2) is 11.1. The Balaban J connectivity index is 2.14. The molecule has 0 aliphatic heterocycles. The van der Waals surface area contributed by atoms with Crippen molar-refractivity contribution in [2.75, 3.05) is 37.9 Å². The summed E-state index contributed by atoms with van der Waals surface area (Å²) in [6.45, 7) is 3.79. The van der Waals surface area contributed by atoms with Crippen LogP contribution in [0, 0.1) is 0 Å². The normalized spacial score (nSPS) is 11.4. The minimum atomic E-state index is -1.17. The number of likely N-dealkylation sites (N-methyl/N-ethyl adjacent to an activating group) is 1. The lowest BCUT2D eigenvalue weighted by Gasteiger charge is -2.21. The van der Waals surface area contributed by atoms with E-state index in [2.05, 4.69) is 20.6 Å². The van der Waals surface area contributed by atoms with Crippen molar-refractivity contribution in [3.05, 3.63) is 41.2 Å². The van der Waals surface area contributed by atoms with E-state index in [-0.39, 0.29) is 17.4 Å². The Bertz CT molecular complexity index is 1030. The molecule has 0 saturated carbocycles. The van der Waals surface area contributed by atoms with Gasteiger partial charge in [-0.2, -0.15) is 0 Å². The highest BCUT2D eigenvalue weighted by atomic mass is 16.4. The third-order valence-corrected chi connectivity index (χ3v) is 5.10. The van der Waals surface area contributed by atoms with E-state index in [0.717, 1.165) is 10.5 Å². The molecular weight excluding hydrogens is 426 g/mol. The minimum absolute atomic E-state index is 0.0617. The number of anilines is 3. The van der Waals surface area contributed by atoms with Crippen molar-refractivity contribution in [1.82, 2.24) is 20.2 Å². The van der Waals surface area contributed by atoms with E-state index in [4.69, 9.17) is 10.8 Å². The smallest absolute Gasteiger partial charge is 0.407 e. The molecule has 2 aromatic rings. The van der Waals surface area contributed by atoms with E-state index in [1.54, 1.807) is 0 Å².